The van der Waals surface area contributed by atoms with Crippen molar-refractivity contribution < 1.29 is 9.59 Å². The van der Waals surface area contributed by atoms with Gasteiger partial charge >= 0.3 is 0 Å². The largest absolute Gasteiger partial charge is 0.336 e. The molecule has 25 heavy (non-hydrogen) atoms. The highest BCUT2D eigenvalue weighted by molar-refractivity contribution is 8.00. The minimum Gasteiger partial charge on any atom is -0.336 e. The van der Waals surface area contributed by atoms with E-state index in [2.05, 4.69) is 15.5 Å². The van der Waals surface area contributed by atoms with E-state index in [-0.39, 0.29) is 17.1 Å². The zero-order valence-corrected chi connectivity index (χ0v) is 15.8. The number of aromatic nitrogens is 3. The first-order valence-corrected chi connectivity index (χ1v) is 8.77. The number of hydrogen-bond acceptors (Lipinski definition) is 6. The smallest absolute Gasteiger partial charge is 0.237 e. The predicted octanol–water partition coefficient (Wildman–Crippen LogP) is 2.61. The predicted molar refractivity (Wildman–Crippen MR) is 99.3 cm³/mol. The molecule has 0 radical (unpaired) electrons. The number of anilines is 1. The molecule has 1 amide bonds. The van der Waals surface area contributed by atoms with E-state index in [9.17, 15) is 9.59 Å². The summed E-state index contributed by atoms with van der Waals surface area (Å²) in [6, 6.07) is 6.84. The minimum absolute atomic E-state index is 0.0514. The van der Waals surface area contributed by atoms with Crippen LogP contribution in [0.3, 0.4) is 0 Å². The van der Waals surface area contributed by atoms with Gasteiger partial charge in [0.2, 0.25) is 11.1 Å². The molecule has 8 heteroatoms. The van der Waals surface area contributed by atoms with E-state index in [0.717, 1.165) is 0 Å². The highest BCUT2D eigenvalue weighted by atomic mass is 32.2. The molecule has 2 aromatic rings. The molecule has 1 aromatic heterocycles. The summed E-state index contributed by atoms with van der Waals surface area (Å²) in [7, 11) is 0. The van der Waals surface area contributed by atoms with E-state index in [4.69, 9.17) is 5.84 Å². The Balaban J connectivity index is 2.07. The maximum atomic E-state index is 12.4. The van der Waals surface area contributed by atoms with Gasteiger partial charge < -0.3 is 11.2 Å². The molecule has 0 aliphatic rings. The summed E-state index contributed by atoms with van der Waals surface area (Å²) < 4.78 is 1.42. The van der Waals surface area contributed by atoms with Crippen LogP contribution in [0.1, 0.15) is 50.8 Å². The summed E-state index contributed by atoms with van der Waals surface area (Å²) in [5.41, 5.74) is 0.892. The van der Waals surface area contributed by atoms with Crippen molar-refractivity contribution in [1.29, 1.82) is 0 Å². The van der Waals surface area contributed by atoms with Gasteiger partial charge in [0.25, 0.3) is 0 Å². The first-order valence-electron chi connectivity index (χ1n) is 7.89. The van der Waals surface area contributed by atoms with Crippen LogP contribution in [0, 0.1) is 0 Å². The number of ketones is 1. The Bertz CT molecular complexity index is 795. The summed E-state index contributed by atoms with van der Waals surface area (Å²) in [6.45, 7) is 9.23. The lowest BCUT2D eigenvalue weighted by Gasteiger charge is -2.17. The standard InChI is InChI=1S/C17H23N5O2S/c1-10(23)12-7-6-8-13(9-12)19-14(24)11(2)25-16-21-20-15(22(16)18)17(3,4)5/h6-9,11H,18H2,1-5H3,(H,19,24)/t11-/m0/s1. The number of hydrogen-bond donors (Lipinski definition) is 2. The number of nitrogens with zero attached hydrogens (tertiary/aromatic N) is 3. The molecule has 1 atom stereocenters. The molecule has 0 aliphatic heterocycles. The number of Topliss-reactive ketones (excluding diaryl/α,β-unsaturated/α-hetero) is 1. The maximum absolute atomic E-state index is 12.4. The molecule has 0 fully saturated rings. The topological polar surface area (TPSA) is 103 Å². The van der Waals surface area contributed by atoms with E-state index >= 15 is 0 Å². The number of carbonyl (C=O) groups excluding carboxylic acids is 2. The molecule has 2 rings (SSSR count). The first-order chi connectivity index (χ1) is 11.6. The van der Waals surface area contributed by atoms with Gasteiger partial charge in [-0.3, -0.25) is 9.59 Å². The van der Waals surface area contributed by atoms with Gasteiger partial charge in [-0.05, 0) is 26.0 Å². The lowest BCUT2D eigenvalue weighted by atomic mass is 9.96. The fourth-order valence-corrected chi connectivity index (χ4v) is 2.91. The number of thioether (sulfide) groups is 1. The van der Waals surface area contributed by atoms with Gasteiger partial charge in [0.15, 0.2) is 11.6 Å². The zero-order chi connectivity index (χ0) is 18.8. The lowest BCUT2D eigenvalue weighted by Crippen LogP contribution is -2.26. The van der Waals surface area contributed by atoms with Crippen molar-refractivity contribution in [2.45, 2.75) is 50.4 Å². The van der Waals surface area contributed by atoms with E-state index in [1.807, 2.05) is 20.8 Å². The highest BCUT2D eigenvalue weighted by Gasteiger charge is 2.25. The number of rotatable bonds is 5. The molecule has 0 unspecified atom stereocenters. The monoisotopic (exact) mass is 361 g/mol. The van der Waals surface area contributed by atoms with Gasteiger partial charge in [0.1, 0.15) is 0 Å². The third kappa shape index (κ3) is 4.60. The summed E-state index contributed by atoms with van der Waals surface area (Å²) in [4.78, 5) is 23.8. The molecule has 0 aliphatic carbocycles. The molecular formula is C17H23N5O2S. The van der Waals surface area contributed by atoms with Crippen molar-refractivity contribution in [2.24, 2.45) is 0 Å². The van der Waals surface area contributed by atoms with Crippen LogP contribution in [-0.4, -0.2) is 31.8 Å². The number of nitrogens with two attached hydrogens (primary N) is 1. The van der Waals surface area contributed by atoms with Gasteiger partial charge in [-0.1, -0.05) is 44.7 Å². The van der Waals surface area contributed by atoms with Crippen molar-refractivity contribution >= 4 is 29.1 Å². The van der Waals surface area contributed by atoms with Gasteiger partial charge in [-0.15, -0.1) is 10.2 Å². The van der Waals surface area contributed by atoms with E-state index in [1.54, 1.807) is 31.2 Å². The Morgan fingerprint density at radius 2 is 1.96 bits per heavy atom. The second kappa shape index (κ2) is 7.26. The Hall–Kier alpha value is -2.35. The van der Waals surface area contributed by atoms with Gasteiger partial charge in [-0.2, -0.15) is 0 Å². The van der Waals surface area contributed by atoms with Crippen LogP contribution < -0.4 is 11.2 Å². The number of amides is 1. The Morgan fingerprint density at radius 3 is 2.52 bits per heavy atom. The molecule has 1 heterocycles. The SMILES string of the molecule is CC(=O)c1cccc(NC(=O)[C@H](C)Sc2nnc(C(C)(C)C)n2N)c1. The number of carbonyl (C=O) groups is 2. The average molecular weight is 361 g/mol. The van der Waals surface area contributed by atoms with E-state index in [1.165, 1.54) is 23.4 Å². The van der Waals surface area contributed by atoms with Gasteiger partial charge in [0.05, 0.1) is 5.25 Å². The van der Waals surface area contributed by atoms with Crippen molar-refractivity contribution in [3.05, 3.63) is 35.7 Å². The molecule has 0 saturated carbocycles. The molecule has 1 aromatic carbocycles. The fraction of sp³-hybridized carbons (Fsp3) is 0.412. The maximum Gasteiger partial charge on any atom is 0.237 e. The summed E-state index contributed by atoms with van der Waals surface area (Å²) in [6.07, 6.45) is 0. The molecule has 134 valence electrons. The zero-order valence-electron chi connectivity index (χ0n) is 15.0. The molecule has 0 spiro atoms. The van der Waals surface area contributed by atoms with Crippen LogP contribution in [0.2, 0.25) is 0 Å². The normalized spacial score (nSPS) is 12.7. The van der Waals surface area contributed by atoms with Crippen LogP contribution in [-0.2, 0) is 10.2 Å². The number of nitrogens with one attached hydrogen (secondary N) is 1. The van der Waals surface area contributed by atoms with E-state index < -0.39 is 5.25 Å². The molecule has 0 bridgehead atoms. The third-order valence-corrected chi connectivity index (χ3v) is 4.58. The molecule has 7 nitrogen and oxygen atoms in total. The third-order valence-electron chi connectivity index (χ3n) is 3.52. The van der Waals surface area contributed by atoms with Crippen LogP contribution in [0.5, 0.6) is 0 Å². The Labute approximate surface area is 151 Å². The van der Waals surface area contributed by atoms with Crippen LogP contribution in [0.25, 0.3) is 0 Å². The molecular weight excluding hydrogens is 338 g/mol. The van der Waals surface area contributed by atoms with Crippen molar-refractivity contribution in [1.82, 2.24) is 14.9 Å². The van der Waals surface area contributed by atoms with Gasteiger partial charge in [0, 0.05) is 16.7 Å². The summed E-state index contributed by atoms with van der Waals surface area (Å²) in [5.74, 6) is 6.44. The number of benzene rings is 1. The lowest BCUT2D eigenvalue weighted by molar-refractivity contribution is -0.115. The second-order valence-electron chi connectivity index (χ2n) is 6.81. The first kappa shape index (κ1) is 19.0. The van der Waals surface area contributed by atoms with Crippen molar-refractivity contribution in [3.8, 4) is 0 Å². The van der Waals surface area contributed by atoms with E-state index in [0.29, 0.717) is 22.2 Å². The highest BCUT2D eigenvalue weighted by Crippen LogP contribution is 2.26. The number of nitrogen functional groups attached to an aromatic ring is 1. The van der Waals surface area contributed by atoms with Crippen LogP contribution >= 0.6 is 11.8 Å². The molecule has 0 saturated heterocycles. The summed E-state index contributed by atoms with van der Waals surface area (Å²) >= 11 is 1.23. The molecule has 3 N–H and O–H groups in total. The fourth-order valence-electron chi connectivity index (χ4n) is 2.14. The van der Waals surface area contributed by atoms with Crippen LogP contribution in [0.4, 0.5) is 5.69 Å². The minimum atomic E-state index is -0.430. The second-order valence-corrected chi connectivity index (χ2v) is 8.12. The Kier molecular flexibility index (Phi) is 5.52. The quantitative estimate of drug-likeness (QED) is 0.482. The summed E-state index contributed by atoms with van der Waals surface area (Å²) in [5, 5.41) is 11.0. The van der Waals surface area contributed by atoms with Gasteiger partial charge in [-0.25, -0.2) is 4.68 Å². The van der Waals surface area contributed by atoms with Crippen molar-refractivity contribution in [2.75, 3.05) is 11.2 Å². The van der Waals surface area contributed by atoms with Crippen molar-refractivity contribution in [3.63, 3.8) is 0 Å². The average Bonchev–Trinajstić information content (AvgIpc) is 2.88. The Morgan fingerprint density at radius 1 is 1.28 bits per heavy atom. The van der Waals surface area contributed by atoms with Crippen LogP contribution in [0.15, 0.2) is 29.4 Å².